The number of hydrogen-bond acceptors (Lipinski definition) is 5. The maximum absolute atomic E-state index is 12.8. The number of halogens is 1. The van der Waals surface area contributed by atoms with E-state index in [1.807, 2.05) is 10.8 Å². The monoisotopic (exact) mass is 405 g/mol. The number of rotatable bonds is 4. The first-order chi connectivity index (χ1) is 12.8. The van der Waals surface area contributed by atoms with Gasteiger partial charge in [-0.1, -0.05) is 32.4 Å². The van der Waals surface area contributed by atoms with Gasteiger partial charge in [-0.05, 0) is 23.6 Å². The summed E-state index contributed by atoms with van der Waals surface area (Å²) in [6.45, 7) is 6.72. The topological polar surface area (TPSA) is 69.6 Å². The molecule has 0 saturated carbocycles. The fraction of sp³-hybridized carbons (Fsp3) is 0.316. The van der Waals surface area contributed by atoms with Gasteiger partial charge in [0.2, 0.25) is 5.89 Å². The fourth-order valence-electron chi connectivity index (χ4n) is 2.40. The van der Waals surface area contributed by atoms with Crippen molar-refractivity contribution >= 4 is 28.8 Å². The van der Waals surface area contributed by atoms with Crippen molar-refractivity contribution in [2.45, 2.75) is 32.7 Å². The number of carbonyl (C=O) groups is 1. The van der Waals surface area contributed by atoms with Gasteiger partial charge in [0.15, 0.2) is 4.80 Å². The van der Waals surface area contributed by atoms with E-state index in [2.05, 4.69) is 30.7 Å². The van der Waals surface area contributed by atoms with Crippen LogP contribution in [0.2, 0.25) is 5.02 Å². The predicted molar refractivity (Wildman–Crippen MR) is 105 cm³/mol. The number of ether oxygens (including phenoxy) is 1. The van der Waals surface area contributed by atoms with Gasteiger partial charge in [-0.3, -0.25) is 4.79 Å². The van der Waals surface area contributed by atoms with Crippen molar-refractivity contribution in [3.63, 3.8) is 0 Å². The maximum Gasteiger partial charge on any atom is 0.283 e. The summed E-state index contributed by atoms with van der Waals surface area (Å²) < 4.78 is 12.5. The lowest BCUT2D eigenvalue weighted by Crippen LogP contribution is -2.17. The molecular weight excluding hydrogens is 386 g/mol. The van der Waals surface area contributed by atoms with E-state index in [-0.39, 0.29) is 5.41 Å². The average molecular weight is 406 g/mol. The van der Waals surface area contributed by atoms with Crippen LogP contribution in [0.25, 0.3) is 0 Å². The van der Waals surface area contributed by atoms with Gasteiger partial charge in [-0.2, -0.15) is 4.99 Å². The molecule has 0 saturated heterocycles. The van der Waals surface area contributed by atoms with Crippen LogP contribution in [0.15, 0.2) is 46.3 Å². The number of aromatic nitrogens is 2. The summed E-state index contributed by atoms with van der Waals surface area (Å²) in [6.07, 6.45) is 5.09. The van der Waals surface area contributed by atoms with Crippen molar-refractivity contribution in [2.24, 2.45) is 4.99 Å². The van der Waals surface area contributed by atoms with E-state index in [1.54, 1.807) is 24.4 Å². The van der Waals surface area contributed by atoms with Gasteiger partial charge in [0.1, 0.15) is 18.6 Å². The SMILES string of the molecule is COc1ccc(Cl)cc1C(=O)/N=c1\sc(C(C)(C)C)cn1Cc1ncco1. The molecule has 6 nitrogen and oxygen atoms in total. The van der Waals surface area contributed by atoms with Crippen LogP contribution < -0.4 is 9.54 Å². The summed E-state index contributed by atoms with van der Waals surface area (Å²) in [5.74, 6) is 0.556. The fourth-order valence-corrected chi connectivity index (χ4v) is 3.62. The number of thiazole rings is 1. The molecule has 3 rings (SSSR count). The Morgan fingerprint density at radius 3 is 2.81 bits per heavy atom. The maximum atomic E-state index is 12.8. The van der Waals surface area contributed by atoms with Crippen LogP contribution in [-0.2, 0) is 12.0 Å². The van der Waals surface area contributed by atoms with E-state index in [4.69, 9.17) is 20.8 Å². The standard InChI is InChI=1S/C19H20ClN3O3S/c1-19(2,3)15-10-23(11-16-21-7-8-26-16)18(27-15)22-17(24)13-9-12(20)5-6-14(13)25-4/h5-10H,11H2,1-4H3/b22-18-. The van der Waals surface area contributed by atoms with Crippen LogP contribution >= 0.6 is 22.9 Å². The molecule has 2 aromatic heterocycles. The summed E-state index contributed by atoms with van der Waals surface area (Å²) in [7, 11) is 1.51. The van der Waals surface area contributed by atoms with Crippen molar-refractivity contribution in [1.29, 1.82) is 0 Å². The van der Waals surface area contributed by atoms with Gasteiger partial charge < -0.3 is 13.7 Å². The molecule has 0 fully saturated rings. The Labute approximate surface area is 166 Å². The van der Waals surface area contributed by atoms with Crippen LogP contribution in [0, 0.1) is 0 Å². The highest BCUT2D eigenvalue weighted by atomic mass is 35.5. The van der Waals surface area contributed by atoms with Gasteiger partial charge in [0.05, 0.1) is 18.9 Å². The second-order valence-corrected chi connectivity index (χ2v) is 8.39. The molecule has 27 heavy (non-hydrogen) atoms. The summed E-state index contributed by atoms with van der Waals surface area (Å²) >= 11 is 7.50. The van der Waals surface area contributed by atoms with E-state index < -0.39 is 5.91 Å². The minimum absolute atomic E-state index is 0.0758. The Morgan fingerprint density at radius 2 is 2.19 bits per heavy atom. The number of oxazole rings is 1. The summed E-state index contributed by atoms with van der Waals surface area (Å²) in [4.78, 5) is 22.9. The molecule has 3 aromatic rings. The molecule has 8 heteroatoms. The molecule has 1 aromatic carbocycles. The lowest BCUT2D eigenvalue weighted by Gasteiger charge is -2.14. The molecule has 2 heterocycles. The van der Waals surface area contributed by atoms with E-state index in [9.17, 15) is 4.79 Å². The molecule has 0 bridgehead atoms. The van der Waals surface area contributed by atoms with Gasteiger partial charge in [0.25, 0.3) is 5.91 Å². The zero-order valence-electron chi connectivity index (χ0n) is 15.5. The molecule has 0 aliphatic rings. The second kappa shape index (κ2) is 7.70. The van der Waals surface area contributed by atoms with Crippen molar-refractivity contribution in [3.05, 3.63) is 63.0 Å². The predicted octanol–water partition coefficient (Wildman–Crippen LogP) is 4.29. The molecule has 0 spiro atoms. The van der Waals surface area contributed by atoms with Crippen molar-refractivity contribution in [3.8, 4) is 5.75 Å². The second-order valence-electron chi connectivity index (χ2n) is 6.94. The summed E-state index contributed by atoms with van der Waals surface area (Å²) in [5, 5.41) is 0.448. The van der Waals surface area contributed by atoms with Gasteiger partial charge in [-0.15, -0.1) is 11.3 Å². The third-order valence-electron chi connectivity index (χ3n) is 3.84. The van der Waals surface area contributed by atoms with Crippen LogP contribution in [0.5, 0.6) is 5.75 Å². The smallest absolute Gasteiger partial charge is 0.283 e. The lowest BCUT2D eigenvalue weighted by atomic mass is 9.95. The van der Waals surface area contributed by atoms with Gasteiger partial charge in [-0.25, -0.2) is 4.98 Å². The first-order valence-corrected chi connectivity index (χ1v) is 9.49. The lowest BCUT2D eigenvalue weighted by molar-refractivity contribution is 0.0995. The molecule has 0 aliphatic carbocycles. The van der Waals surface area contributed by atoms with Crippen molar-refractivity contribution in [1.82, 2.24) is 9.55 Å². The Balaban J connectivity index is 2.07. The van der Waals surface area contributed by atoms with Crippen LogP contribution in [0.3, 0.4) is 0 Å². The largest absolute Gasteiger partial charge is 0.496 e. The molecule has 1 amide bonds. The quantitative estimate of drug-likeness (QED) is 0.649. The Morgan fingerprint density at radius 1 is 1.41 bits per heavy atom. The summed E-state index contributed by atoms with van der Waals surface area (Å²) in [5.41, 5.74) is 0.242. The molecule has 0 aliphatic heterocycles. The Bertz CT molecular complexity index is 1010. The zero-order valence-corrected chi connectivity index (χ0v) is 17.1. The Kier molecular flexibility index (Phi) is 5.53. The highest BCUT2D eigenvalue weighted by Gasteiger charge is 2.19. The van der Waals surface area contributed by atoms with E-state index in [1.165, 1.54) is 24.7 Å². The Hall–Kier alpha value is -2.38. The van der Waals surface area contributed by atoms with E-state index in [0.29, 0.717) is 33.6 Å². The molecule has 0 atom stereocenters. The minimum Gasteiger partial charge on any atom is -0.496 e. The van der Waals surface area contributed by atoms with Crippen molar-refractivity contribution in [2.75, 3.05) is 7.11 Å². The normalized spacial score (nSPS) is 12.4. The molecule has 0 radical (unpaired) electrons. The third-order valence-corrected chi connectivity index (χ3v) is 5.52. The average Bonchev–Trinajstić information content (AvgIpc) is 3.25. The molecular formula is C19H20ClN3O3S. The first kappa shape index (κ1) is 19.4. The highest BCUT2D eigenvalue weighted by molar-refractivity contribution is 7.09. The molecule has 142 valence electrons. The van der Waals surface area contributed by atoms with E-state index in [0.717, 1.165) is 4.88 Å². The highest BCUT2D eigenvalue weighted by Crippen LogP contribution is 2.26. The molecule has 0 N–H and O–H groups in total. The van der Waals surface area contributed by atoms with Crippen LogP contribution in [-0.4, -0.2) is 22.6 Å². The number of hydrogen-bond donors (Lipinski definition) is 0. The van der Waals surface area contributed by atoms with Gasteiger partial charge in [0, 0.05) is 16.1 Å². The van der Waals surface area contributed by atoms with Gasteiger partial charge >= 0.3 is 0 Å². The number of amides is 1. The van der Waals surface area contributed by atoms with Crippen LogP contribution in [0.4, 0.5) is 0 Å². The number of methoxy groups -OCH3 is 1. The number of benzene rings is 1. The van der Waals surface area contributed by atoms with Crippen LogP contribution in [0.1, 0.15) is 41.9 Å². The third kappa shape index (κ3) is 4.48. The summed E-state index contributed by atoms with van der Waals surface area (Å²) in [6, 6.07) is 4.88. The first-order valence-electron chi connectivity index (χ1n) is 8.29. The minimum atomic E-state index is -0.419. The number of nitrogens with zero attached hydrogens (tertiary/aromatic N) is 3. The van der Waals surface area contributed by atoms with E-state index >= 15 is 0 Å². The van der Waals surface area contributed by atoms with Crippen molar-refractivity contribution < 1.29 is 13.9 Å². The molecule has 0 unspecified atom stereocenters. The number of carbonyl (C=O) groups excluding carboxylic acids is 1. The zero-order chi connectivity index (χ0) is 19.6.